The van der Waals surface area contributed by atoms with Crippen molar-refractivity contribution in [3.63, 3.8) is 0 Å². The number of methoxy groups -OCH3 is 2. The minimum atomic E-state index is -0.584. The molecule has 0 saturated carbocycles. The van der Waals surface area contributed by atoms with Crippen LogP contribution in [-0.2, 0) is 10.2 Å². The van der Waals surface area contributed by atoms with E-state index >= 15 is 0 Å². The number of hydrazone groups is 1. The molecule has 0 aliphatic rings. The van der Waals surface area contributed by atoms with E-state index in [-0.39, 0.29) is 11.1 Å². The number of hydrogen-bond acceptors (Lipinski definition) is 5. The van der Waals surface area contributed by atoms with Gasteiger partial charge in [-0.05, 0) is 46.9 Å². The SMILES string of the molecule is COc1ccc(/C=C(/NC(=O)c2ccccc2)C(=O)N/N=C/c2ccc(C(C)(C)C)cc2)c(OC)c1. The summed E-state index contributed by atoms with van der Waals surface area (Å²) in [4.78, 5) is 25.8. The highest BCUT2D eigenvalue weighted by molar-refractivity contribution is 6.05. The molecular formula is C29H31N3O4. The summed E-state index contributed by atoms with van der Waals surface area (Å²) in [6.45, 7) is 6.43. The molecule has 2 amide bonds. The van der Waals surface area contributed by atoms with Gasteiger partial charge in [0.05, 0.1) is 20.4 Å². The van der Waals surface area contributed by atoms with E-state index in [9.17, 15) is 9.59 Å². The zero-order valence-electron chi connectivity index (χ0n) is 21.2. The molecule has 0 aliphatic carbocycles. The van der Waals surface area contributed by atoms with E-state index in [0.29, 0.717) is 22.6 Å². The van der Waals surface area contributed by atoms with Gasteiger partial charge in [0.25, 0.3) is 11.8 Å². The van der Waals surface area contributed by atoms with Crippen LogP contribution in [0.4, 0.5) is 0 Å². The van der Waals surface area contributed by atoms with Crippen LogP contribution in [0.5, 0.6) is 11.5 Å². The summed E-state index contributed by atoms with van der Waals surface area (Å²) in [6.07, 6.45) is 3.08. The molecule has 36 heavy (non-hydrogen) atoms. The van der Waals surface area contributed by atoms with E-state index in [1.54, 1.807) is 55.8 Å². The smallest absolute Gasteiger partial charge is 0.287 e. The maximum absolute atomic E-state index is 13.0. The first-order chi connectivity index (χ1) is 17.2. The highest BCUT2D eigenvalue weighted by Gasteiger charge is 2.16. The fraction of sp³-hybridized carbons (Fsp3) is 0.207. The maximum Gasteiger partial charge on any atom is 0.287 e. The van der Waals surface area contributed by atoms with Crippen molar-refractivity contribution in [1.29, 1.82) is 0 Å². The van der Waals surface area contributed by atoms with Gasteiger partial charge < -0.3 is 14.8 Å². The van der Waals surface area contributed by atoms with Crippen LogP contribution < -0.4 is 20.2 Å². The second-order valence-electron chi connectivity index (χ2n) is 9.06. The molecule has 0 saturated heterocycles. The number of amides is 2. The van der Waals surface area contributed by atoms with Crippen LogP contribution in [0.25, 0.3) is 6.08 Å². The summed E-state index contributed by atoms with van der Waals surface area (Å²) >= 11 is 0. The van der Waals surface area contributed by atoms with Gasteiger partial charge in [0.15, 0.2) is 0 Å². The normalized spacial score (nSPS) is 11.8. The summed E-state index contributed by atoms with van der Waals surface area (Å²) in [5.41, 5.74) is 5.58. The molecule has 186 valence electrons. The van der Waals surface area contributed by atoms with Gasteiger partial charge in [-0.3, -0.25) is 9.59 Å². The quantitative estimate of drug-likeness (QED) is 0.269. The predicted molar refractivity (Wildman–Crippen MR) is 142 cm³/mol. The Balaban J connectivity index is 1.84. The highest BCUT2D eigenvalue weighted by Crippen LogP contribution is 2.26. The van der Waals surface area contributed by atoms with Gasteiger partial charge in [0, 0.05) is 17.2 Å². The summed E-state index contributed by atoms with van der Waals surface area (Å²) < 4.78 is 10.7. The Morgan fingerprint density at radius 2 is 1.58 bits per heavy atom. The Hall–Kier alpha value is -4.39. The van der Waals surface area contributed by atoms with Crippen LogP contribution in [0.3, 0.4) is 0 Å². The minimum Gasteiger partial charge on any atom is -0.497 e. The topological polar surface area (TPSA) is 89.0 Å². The van der Waals surface area contributed by atoms with Gasteiger partial charge >= 0.3 is 0 Å². The lowest BCUT2D eigenvalue weighted by Gasteiger charge is -2.18. The molecule has 3 rings (SSSR count). The molecule has 0 unspecified atom stereocenters. The second kappa shape index (κ2) is 11.8. The molecule has 7 nitrogen and oxygen atoms in total. The Labute approximate surface area is 211 Å². The number of nitrogens with zero attached hydrogens (tertiary/aromatic N) is 1. The van der Waals surface area contributed by atoms with Crippen LogP contribution in [-0.4, -0.2) is 32.2 Å². The molecule has 0 spiro atoms. The van der Waals surface area contributed by atoms with Crippen molar-refractivity contribution in [1.82, 2.24) is 10.7 Å². The van der Waals surface area contributed by atoms with Crippen molar-refractivity contribution >= 4 is 24.1 Å². The van der Waals surface area contributed by atoms with E-state index in [1.807, 2.05) is 30.3 Å². The molecule has 0 aliphatic heterocycles. The molecule has 3 aromatic carbocycles. The first-order valence-corrected chi connectivity index (χ1v) is 11.5. The van der Waals surface area contributed by atoms with Crippen LogP contribution in [0.15, 0.2) is 83.6 Å². The number of carbonyl (C=O) groups is 2. The average molecular weight is 486 g/mol. The number of rotatable bonds is 8. The van der Waals surface area contributed by atoms with Gasteiger partial charge in [-0.25, -0.2) is 5.43 Å². The minimum absolute atomic E-state index is 0.00699. The van der Waals surface area contributed by atoms with Crippen molar-refractivity contribution in [2.75, 3.05) is 14.2 Å². The van der Waals surface area contributed by atoms with Crippen molar-refractivity contribution in [3.05, 3.63) is 101 Å². The van der Waals surface area contributed by atoms with Crippen molar-refractivity contribution < 1.29 is 19.1 Å². The van der Waals surface area contributed by atoms with Gasteiger partial charge in [0.2, 0.25) is 0 Å². The number of ether oxygens (including phenoxy) is 2. The van der Waals surface area contributed by atoms with Gasteiger partial charge in [-0.2, -0.15) is 5.10 Å². The average Bonchev–Trinajstić information content (AvgIpc) is 2.88. The Morgan fingerprint density at radius 1 is 0.889 bits per heavy atom. The first kappa shape index (κ1) is 26.2. The molecule has 0 radical (unpaired) electrons. The van der Waals surface area contributed by atoms with Gasteiger partial charge in [-0.1, -0.05) is 63.2 Å². The first-order valence-electron chi connectivity index (χ1n) is 11.5. The Bertz CT molecular complexity index is 1260. The standard InChI is InChI=1S/C29H31N3O4/c1-29(2,3)23-14-11-20(12-15-23)19-30-32-28(34)25(31-27(33)21-9-7-6-8-10-21)17-22-13-16-24(35-4)18-26(22)36-5/h6-19H,1-5H3,(H,31,33)(H,32,34)/b25-17+,30-19+. The second-order valence-corrected chi connectivity index (χ2v) is 9.06. The van der Waals surface area contributed by atoms with E-state index < -0.39 is 11.8 Å². The van der Waals surface area contributed by atoms with Crippen molar-refractivity contribution in [3.8, 4) is 11.5 Å². The zero-order chi connectivity index (χ0) is 26.1. The highest BCUT2D eigenvalue weighted by atomic mass is 16.5. The summed E-state index contributed by atoms with van der Waals surface area (Å²) in [5.74, 6) is 0.0763. The van der Waals surface area contributed by atoms with E-state index in [4.69, 9.17) is 9.47 Å². The third-order valence-corrected chi connectivity index (χ3v) is 5.43. The van der Waals surface area contributed by atoms with Crippen LogP contribution >= 0.6 is 0 Å². The lowest BCUT2D eigenvalue weighted by atomic mass is 9.87. The monoisotopic (exact) mass is 485 g/mol. The number of hydrogen-bond donors (Lipinski definition) is 2. The molecule has 0 bridgehead atoms. The van der Waals surface area contributed by atoms with Crippen LogP contribution in [0, 0.1) is 0 Å². The fourth-order valence-corrected chi connectivity index (χ4v) is 3.33. The summed E-state index contributed by atoms with van der Waals surface area (Å²) in [7, 11) is 3.07. The van der Waals surface area contributed by atoms with E-state index in [0.717, 1.165) is 5.56 Å². The van der Waals surface area contributed by atoms with Gasteiger partial charge in [-0.15, -0.1) is 0 Å². The summed E-state index contributed by atoms with van der Waals surface area (Å²) in [6, 6.07) is 21.7. The van der Waals surface area contributed by atoms with Crippen LogP contribution in [0.1, 0.15) is 47.8 Å². The molecule has 0 heterocycles. The third kappa shape index (κ3) is 7.06. The lowest BCUT2D eigenvalue weighted by molar-refractivity contribution is -0.117. The number of carbonyl (C=O) groups excluding carboxylic acids is 2. The number of benzene rings is 3. The van der Waals surface area contributed by atoms with Gasteiger partial charge in [0.1, 0.15) is 17.2 Å². The van der Waals surface area contributed by atoms with E-state index in [2.05, 4.69) is 36.6 Å². The Kier molecular flexibility index (Phi) is 8.62. The maximum atomic E-state index is 13.0. The van der Waals surface area contributed by atoms with Crippen molar-refractivity contribution in [2.24, 2.45) is 5.10 Å². The Morgan fingerprint density at radius 3 is 2.19 bits per heavy atom. The zero-order valence-corrected chi connectivity index (χ0v) is 21.2. The lowest BCUT2D eigenvalue weighted by Crippen LogP contribution is -2.32. The fourth-order valence-electron chi connectivity index (χ4n) is 3.33. The predicted octanol–water partition coefficient (Wildman–Crippen LogP) is 4.92. The largest absolute Gasteiger partial charge is 0.497 e. The molecule has 0 fully saturated rings. The van der Waals surface area contributed by atoms with Crippen LogP contribution in [0.2, 0.25) is 0 Å². The molecular weight excluding hydrogens is 454 g/mol. The molecule has 3 aromatic rings. The summed E-state index contributed by atoms with van der Waals surface area (Å²) in [5, 5.41) is 6.76. The third-order valence-electron chi connectivity index (χ3n) is 5.43. The molecule has 0 atom stereocenters. The van der Waals surface area contributed by atoms with Crippen molar-refractivity contribution in [2.45, 2.75) is 26.2 Å². The molecule has 2 N–H and O–H groups in total. The molecule has 7 heteroatoms. The molecule has 0 aromatic heterocycles. The van der Waals surface area contributed by atoms with E-state index in [1.165, 1.54) is 18.7 Å². The number of nitrogens with one attached hydrogen (secondary N) is 2.